The zero-order valence-corrected chi connectivity index (χ0v) is 9.30. The number of hydrogen-bond acceptors (Lipinski definition) is 2. The highest BCUT2D eigenvalue weighted by Crippen LogP contribution is 2.14. The van der Waals surface area contributed by atoms with Crippen LogP contribution in [0.4, 0.5) is 4.39 Å². The number of rotatable bonds is 3. The molecule has 0 heterocycles. The second-order valence-electron chi connectivity index (χ2n) is 2.66. The van der Waals surface area contributed by atoms with Crippen molar-refractivity contribution in [3.63, 3.8) is 0 Å². The van der Waals surface area contributed by atoms with Gasteiger partial charge in [0.25, 0.3) is 0 Å². The van der Waals surface area contributed by atoms with Gasteiger partial charge >= 0.3 is 5.97 Å². The minimum Gasteiger partial charge on any atom is -0.462 e. The van der Waals surface area contributed by atoms with Gasteiger partial charge in [-0.3, -0.25) is 0 Å². The number of halogens is 2. The second kappa shape index (κ2) is 5.10. The van der Waals surface area contributed by atoms with Crippen molar-refractivity contribution in [2.45, 2.75) is 12.3 Å². The summed E-state index contributed by atoms with van der Waals surface area (Å²) in [5, 5.41) is 0.432. The molecule has 0 unspecified atom stereocenters. The van der Waals surface area contributed by atoms with Crippen molar-refractivity contribution >= 4 is 21.9 Å². The maximum atomic E-state index is 13.2. The lowest BCUT2D eigenvalue weighted by Crippen LogP contribution is -2.05. The first-order valence-corrected chi connectivity index (χ1v) is 5.32. The Balaban J connectivity index is 2.91. The van der Waals surface area contributed by atoms with Gasteiger partial charge in [-0.05, 0) is 24.6 Å². The molecule has 14 heavy (non-hydrogen) atoms. The Bertz CT molecular complexity index is 339. The smallest absolute Gasteiger partial charge is 0.338 e. The Morgan fingerprint density at radius 1 is 1.57 bits per heavy atom. The molecule has 0 amide bonds. The van der Waals surface area contributed by atoms with Crippen LogP contribution in [0, 0.1) is 5.82 Å². The first kappa shape index (κ1) is 11.2. The first-order chi connectivity index (χ1) is 6.69. The fraction of sp³-hybridized carbons (Fsp3) is 0.300. The first-order valence-electron chi connectivity index (χ1n) is 4.20. The van der Waals surface area contributed by atoms with Crippen LogP contribution in [0.1, 0.15) is 22.8 Å². The van der Waals surface area contributed by atoms with E-state index < -0.39 is 11.8 Å². The summed E-state index contributed by atoms with van der Waals surface area (Å²) in [7, 11) is 0. The quantitative estimate of drug-likeness (QED) is 0.617. The van der Waals surface area contributed by atoms with E-state index in [1.165, 1.54) is 6.07 Å². The minimum atomic E-state index is -0.493. The Morgan fingerprint density at radius 3 is 2.79 bits per heavy atom. The Kier molecular flexibility index (Phi) is 4.07. The van der Waals surface area contributed by atoms with Gasteiger partial charge in [0.05, 0.1) is 12.2 Å². The number of esters is 1. The number of hydrogen-bond donors (Lipinski definition) is 0. The molecule has 0 fully saturated rings. The van der Waals surface area contributed by atoms with Crippen LogP contribution in [0.3, 0.4) is 0 Å². The summed E-state index contributed by atoms with van der Waals surface area (Å²) in [5.74, 6) is -0.889. The van der Waals surface area contributed by atoms with E-state index in [-0.39, 0.29) is 5.56 Å². The summed E-state index contributed by atoms with van der Waals surface area (Å²) >= 11 is 3.14. The number of carbonyl (C=O) groups excluding carboxylic acids is 1. The summed E-state index contributed by atoms with van der Waals surface area (Å²) in [5.41, 5.74) is 0.770. The Hall–Kier alpha value is -0.900. The molecule has 0 atom stereocenters. The van der Waals surface area contributed by atoms with Crippen molar-refractivity contribution in [1.29, 1.82) is 0 Å². The number of carbonyl (C=O) groups is 1. The topological polar surface area (TPSA) is 26.3 Å². The van der Waals surface area contributed by atoms with E-state index >= 15 is 0 Å². The molecule has 0 saturated carbocycles. The highest BCUT2D eigenvalue weighted by Gasteiger charge is 2.09. The van der Waals surface area contributed by atoms with Crippen molar-refractivity contribution in [2.24, 2.45) is 0 Å². The van der Waals surface area contributed by atoms with Gasteiger partial charge in [0.15, 0.2) is 0 Å². The number of benzene rings is 1. The molecule has 1 aromatic rings. The standard InChI is InChI=1S/C10H10BrFO2/c1-2-14-10(13)7-3-4-8(6-11)9(12)5-7/h3-5H,2,6H2,1H3. The van der Waals surface area contributed by atoms with Gasteiger partial charge in [-0.2, -0.15) is 0 Å². The Labute approximate surface area is 90.2 Å². The third-order valence-corrected chi connectivity index (χ3v) is 2.31. The molecule has 4 heteroatoms. The molecule has 1 aromatic carbocycles. The van der Waals surface area contributed by atoms with Crippen LogP contribution in [-0.2, 0) is 10.1 Å². The van der Waals surface area contributed by atoms with Gasteiger partial charge in [0.2, 0.25) is 0 Å². The lowest BCUT2D eigenvalue weighted by atomic mass is 10.1. The van der Waals surface area contributed by atoms with Crippen LogP contribution >= 0.6 is 15.9 Å². The molecule has 0 aliphatic heterocycles. The summed E-state index contributed by atoms with van der Waals surface area (Å²) < 4.78 is 18.0. The van der Waals surface area contributed by atoms with E-state index in [4.69, 9.17) is 4.74 Å². The van der Waals surface area contributed by atoms with Gasteiger partial charge in [-0.15, -0.1) is 0 Å². The molecule has 0 saturated heterocycles. The van der Waals surface area contributed by atoms with E-state index in [0.29, 0.717) is 17.5 Å². The minimum absolute atomic E-state index is 0.244. The molecule has 0 aromatic heterocycles. The van der Waals surface area contributed by atoms with E-state index in [9.17, 15) is 9.18 Å². The molecule has 2 nitrogen and oxygen atoms in total. The van der Waals surface area contributed by atoms with Crippen molar-refractivity contribution in [3.05, 3.63) is 35.1 Å². The van der Waals surface area contributed by atoms with Crippen molar-refractivity contribution < 1.29 is 13.9 Å². The van der Waals surface area contributed by atoms with Gasteiger partial charge in [-0.1, -0.05) is 22.0 Å². The van der Waals surface area contributed by atoms with Crippen molar-refractivity contribution in [1.82, 2.24) is 0 Å². The molecule has 0 aliphatic rings. The molecule has 1 rings (SSSR count). The molecular weight excluding hydrogens is 251 g/mol. The van der Waals surface area contributed by atoms with E-state index in [1.807, 2.05) is 0 Å². The Morgan fingerprint density at radius 2 is 2.29 bits per heavy atom. The molecule has 0 spiro atoms. The maximum Gasteiger partial charge on any atom is 0.338 e. The largest absolute Gasteiger partial charge is 0.462 e. The predicted octanol–water partition coefficient (Wildman–Crippen LogP) is 2.90. The predicted molar refractivity (Wildman–Crippen MR) is 55.0 cm³/mol. The zero-order chi connectivity index (χ0) is 10.6. The third-order valence-electron chi connectivity index (χ3n) is 1.71. The van der Waals surface area contributed by atoms with Crippen molar-refractivity contribution in [3.8, 4) is 0 Å². The fourth-order valence-electron chi connectivity index (χ4n) is 0.997. The van der Waals surface area contributed by atoms with E-state index in [0.717, 1.165) is 0 Å². The zero-order valence-electron chi connectivity index (χ0n) is 7.72. The molecular formula is C10H10BrFO2. The van der Waals surface area contributed by atoms with Crippen LogP contribution in [0.5, 0.6) is 0 Å². The van der Waals surface area contributed by atoms with Gasteiger partial charge in [0.1, 0.15) is 5.82 Å². The normalized spacial score (nSPS) is 9.93. The molecule has 0 bridgehead atoms. The van der Waals surface area contributed by atoms with Crippen LogP contribution < -0.4 is 0 Å². The van der Waals surface area contributed by atoms with Crippen LogP contribution in [0.15, 0.2) is 18.2 Å². The number of ether oxygens (including phenoxy) is 1. The maximum absolute atomic E-state index is 13.2. The third kappa shape index (κ3) is 2.54. The lowest BCUT2D eigenvalue weighted by Gasteiger charge is -2.03. The van der Waals surface area contributed by atoms with Gasteiger partial charge in [0, 0.05) is 5.33 Å². The number of alkyl halides is 1. The van der Waals surface area contributed by atoms with Crippen LogP contribution in [0.2, 0.25) is 0 Å². The highest BCUT2D eigenvalue weighted by atomic mass is 79.9. The summed E-state index contributed by atoms with van der Waals surface area (Å²) in [6.07, 6.45) is 0. The summed E-state index contributed by atoms with van der Waals surface area (Å²) in [6.45, 7) is 2.00. The molecule has 0 N–H and O–H groups in total. The lowest BCUT2D eigenvalue weighted by molar-refractivity contribution is 0.0526. The van der Waals surface area contributed by atoms with E-state index in [2.05, 4.69) is 15.9 Å². The van der Waals surface area contributed by atoms with Crippen LogP contribution in [0.25, 0.3) is 0 Å². The summed E-state index contributed by atoms with van der Waals surface area (Å²) in [4.78, 5) is 11.2. The highest BCUT2D eigenvalue weighted by molar-refractivity contribution is 9.08. The molecule has 76 valence electrons. The molecule has 0 aliphatic carbocycles. The summed E-state index contributed by atoms with van der Waals surface area (Å²) in [6, 6.07) is 4.31. The monoisotopic (exact) mass is 260 g/mol. The van der Waals surface area contributed by atoms with Gasteiger partial charge < -0.3 is 4.74 Å². The average molecular weight is 261 g/mol. The molecule has 0 radical (unpaired) electrons. The average Bonchev–Trinajstić information content (AvgIpc) is 2.18. The van der Waals surface area contributed by atoms with Gasteiger partial charge in [-0.25, -0.2) is 9.18 Å². The van der Waals surface area contributed by atoms with E-state index in [1.54, 1.807) is 19.1 Å². The van der Waals surface area contributed by atoms with Crippen molar-refractivity contribution in [2.75, 3.05) is 6.61 Å². The SMILES string of the molecule is CCOC(=O)c1ccc(CBr)c(F)c1. The van der Waals surface area contributed by atoms with Crippen LogP contribution in [-0.4, -0.2) is 12.6 Å². The second-order valence-corrected chi connectivity index (χ2v) is 3.22. The fourth-order valence-corrected chi connectivity index (χ4v) is 1.45.